The molecule has 1 saturated heterocycles. The van der Waals surface area contributed by atoms with Gasteiger partial charge in [0, 0.05) is 32.0 Å². The average Bonchev–Trinajstić information content (AvgIpc) is 3.14. The Bertz CT molecular complexity index is 1180. The van der Waals surface area contributed by atoms with Crippen molar-refractivity contribution < 1.29 is 4.74 Å². The molecule has 0 atom stereocenters. The molecule has 0 bridgehead atoms. The summed E-state index contributed by atoms with van der Waals surface area (Å²) in [6.07, 6.45) is 3.82. The standard InChI is InChI=1S/C25H27N5O/c1-18-3-7-21(8-4-18)22-9-5-20(6-10-22)17-27-23-19(2)28-25-24(26-11-12-30(23)25)29-13-15-31-16-14-29/h3-12,27H,13-17H2,1-2H3. The topological polar surface area (TPSA) is 54.7 Å². The van der Waals surface area contributed by atoms with Crippen LogP contribution in [0.5, 0.6) is 0 Å². The van der Waals surface area contributed by atoms with Crippen LogP contribution in [0.4, 0.5) is 11.6 Å². The Balaban J connectivity index is 1.35. The summed E-state index contributed by atoms with van der Waals surface area (Å²) in [5, 5.41) is 3.58. The Labute approximate surface area is 182 Å². The van der Waals surface area contributed by atoms with Crippen LogP contribution in [0.25, 0.3) is 16.8 Å². The second-order valence-electron chi connectivity index (χ2n) is 8.01. The first-order chi connectivity index (χ1) is 15.2. The highest BCUT2D eigenvalue weighted by Crippen LogP contribution is 2.26. The fraction of sp³-hybridized carbons (Fsp3) is 0.280. The highest BCUT2D eigenvalue weighted by Gasteiger charge is 2.19. The molecule has 5 rings (SSSR count). The van der Waals surface area contributed by atoms with E-state index in [0.29, 0.717) is 0 Å². The summed E-state index contributed by atoms with van der Waals surface area (Å²) in [4.78, 5) is 11.7. The Kier molecular flexibility index (Phi) is 5.30. The van der Waals surface area contributed by atoms with Gasteiger partial charge in [-0.3, -0.25) is 4.40 Å². The number of aryl methyl sites for hydroxylation is 2. The van der Waals surface area contributed by atoms with Gasteiger partial charge in [-0.1, -0.05) is 54.1 Å². The lowest BCUT2D eigenvalue weighted by atomic mass is 10.0. The van der Waals surface area contributed by atoms with Crippen LogP contribution in [0.1, 0.15) is 16.8 Å². The minimum atomic E-state index is 0.728. The number of ether oxygens (including phenoxy) is 1. The van der Waals surface area contributed by atoms with Crippen LogP contribution in [0.2, 0.25) is 0 Å². The van der Waals surface area contributed by atoms with Crippen LogP contribution in [0.3, 0.4) is 0 Å². The van der Waals surface area contributed by atoms with Crippen LogP contribution >= 0.6 is 0 Å². The SMILES string of the molecule is Cc1ccc(-c2ccc(CNc3c(C)nc4c(N5CCOCC5)nccn34)cc2)cc1. The lowest BCUT2D eigenvalue weighted by Gasteiger charge is -2.27. The van der Waals surface area contributed by atoms with Crippen LogP contribution in [-0.2, 0) is 11.3 Å². The van der Waals surface area contributed by atoms with Gasteiger partial charge in [0.05, 0.1) is 18.9 Å². The lowest BCUT2D eigenvalue weighted by molar-refractivity contribution is 0.122. The van der Waals surface area contributed by atoms with Gasteiger partial charge in [0.1, 0.15) is 5.82 Å². The van der Waals surface area contributed by atoms with Crippen molar-refractivity contribution in [3.05, 3.63) is 77.7 Å². The molecule has 0 saturated carbocycles. The van der Waals surface area contributed by atoms with Crippen molar-refractivity contribution in [1.29, 1.82) is 0 Å². The summed E-state index contributed by atoms with van der Waals surface area (Å²) in [5.41, 5.74) is 6.84. The van der Waals surface area contributed by atoms with Gasteiger partial charge in [-0.15, -0.1) is 0 Å². The molecule has 0 aliphatic carbocycles. The molecule has 4 aromatic rings. The molecule has 0 amide bonds. The third kappa shape index (κ3) is 3.99. The Morgan fingerprint density at radius 1 is 0.935 bits per heavy atom. The second-order valence-corrected chi connectivity index (χ2v) is 8.01. The smallest absolute Gasteiger partial charge is 0.182 e. The van der Waals surface area contributed by atoms with E-state index in [1.807, 2.05) is 19.3 Å². The molecule has 0 spiro atoms. The van der Waals surface area contributed by atoms with E-state index >= 15 is 0 Å². The Hall–Kier alpha value is -3.38. The van der Waals surface area contributed by atoms with Gasteiger partial charge < -0.3 is 15.0 Å². The van der Waals surface area contributed by atoms with Crippen LogP contribution in [-0.4, -0.2) is 40.7 Å². The maximum Gasteiger partial charge on any atom is 0.182 e. The van der Waals surface area contributed by atoms with Gasteiger partial charge >= 0.3 is 0 Å². The summed E-state index contributed by atoms with van der Waals surface area (Å²) >= 11 is 0. The fourth-order valence-corrected chi connectivity index (χ4v) is 4.04. The van der Waals surface area contributed by atoms with Crippen LogP contribution in [0, 0.1) is 13.8 Å². The first-order valence-corrected chi connectivity index (χ1v) is 10.8. The molecule has 2 aromatic carbocycles. The third-order valence-electron chi connectivity index (χ3n) is 5.81. The zero-order chi connectivity index (χ0) is 21.2. The minimum absolute atomic E-state index is 0.728. The van der Waals surface area contributed by atoms with Gasteiger partial charge in [0.25, 0.3) is 0 Å². The number of hydrogen-bond donors (Lipinski definition) is 1. The molecule has 0 radical (unpaired) electrons. The molecule has 1 aliphatic heterocycles. The molecule has 158 valence electrons. The van der Waals surface area contributed by atoms with Gasteiger partial charge in [0.15, 0.2) is 11.5 Å². The maximum atomic E-state index is 5.48. The van der Waals surface area contributed by atoms with Crippen molar-refractivity contribution in [2.75, 3.05) is 36.5 Å². The number of rotatable bonds is 5. The van der Waals surface area contributed by atoms with Crippen molar-refractivity contribution in [3.8, 4) is 11.1 Å². The molecule has 1 fully saturated rings. The van der Waals surface area contributed by atoms with E-state index in [4.69, 9.17) is 9.72 Å². The van der Waals surface area contributed by atoms with Crippen molar-refractivity contribution in [3.63, 3.8) is 0 Å². The number of anilines is 2. The van der Waals surface area contributed by atoms with E-state index in [9.17, 15) is 0 Å². The molecule has 2 aromatic heterocycles. The zero-order valence-electron chi connectivity index (χ0n) is 18.0. The van der Waals surface area contributed by atoms with Crippen molar-refractivity contribution in [2.45, 2.75) is 20.4 Å². The quantitative estimate of drug-likeness (QED) is 0.523. The predicted molar refractivity (Wildman–Crippen MR) is 125 cm³/mol. The fourth-order valence-electron chi connectivity index (χ4n) is 4.04. The highest BCUT2D eigenvalue weighted by molar-refractivity contribution is 5.69. The normalized spacial score (nSPS) is 14.2. The summed E-state index contributed by atoms with van der Waals surface area (Å²) in [6.45, 7) is 8.03. The zero-order valence-corrected chi connectivity index (χ0v) is 18.0. The van der Waals surface area contributed by atoms with Gasteiger partial charge in [-0.05, 0) is 30.5 Å². The number of aromatic nitrogens is 3. The van der Waals surface area contributed by atoms with Gasteiger partial charge in [-0.2, -0.15) is 0 Å². The lowest BCUT2D eigenvalue weighted by Crippen LogP contribution is -2.37. The molecule has 31 heavy (non-hydrogen) atoms. The number of benzene rings is 2. The van der Waals surface area contributed by atoms with Crippen molar-refractivity contribution in [1.82, 2.24) is 14.4 Å². The molecule has 1 N–H and O–H groups in total. The number of imidazole rings is 1. The largest absolute Gasteiger partial charge is 0.378 e. The number of hydrogen-bond acceptors (Lipinski definition) is 5. The Morgan fingerprint density at radius 2 is 1.61 bits per heavy atom. The van der Waals surface area contributed by atoms with Gasteiger partial charge in [-0.25, -0.2) is 9.97 Å². The molecular formula is C25H27N5O. The van der Waals surface area contributed by atoms with E-state index in [0.717, 1.165) is 55.8 Å². The summed E-state index contributed by atoms with van der Waals surface area (Å²) in [7, 11) is 0. The molecule has 1 aliphatic rings. The molecule has 6 heteroatoms. The van der Waals surface area contributed by atoms with Crippen molar-refractivity contribution >= 4 is 17.3 Å². The Morgan fingerprint density at radius 3 is 2.32 bits per heavy atom. The first-order valence-electron chi connectivity index (χ1n) is 10.8. The summed E-state index contributed by atoms with van der Waals surface area (Å²) in [5.74, 6) is 1.93. The minimum Gasteiger partial charge on any atom is -0.378 e. The first kappa shape index (κ1) is 19.6. The van der Waals surface area contributed by atoms with E-state index in [1.54, 1.807) is 0 Å². The monoisotopic (exact) mass is 413 g/mol. The van der Waals surface area contributed by atoms with E-state index < -0.39 is 0 Å². The molecule has 0 unspecified atom stereocenters. The number of morpholine rings is 1. The highest BCUT2D eigenvalue weighted by atomic mass is 16.5. The number of nitrogens with one attached hydrogen (secondary N) is 1. The van der Waals surface area contributed by atoms with Gasteiger partial charge in [0.2, 0.25) is 0 Å². The van der Waals surface area contributed by atoms with E-state index in [-0.39, 0.29) is 0 Å². The van der Waals surface area contributed by atoms with Crippen LogP contribution in [0.15, 0.2) is 60.9 Å². The van der Waals surface area contributed by atoms with E-state index in [1.165, 1.54) is 22.3 Å². The molecule has 6 nitrogen and oxygen atoms in total. The second kappa shape index (κ2) is 8.40. The summed E-state index contributed by atoms with van der Waals surface area (Å²) in [6, 6.07) is 17.4. The van der Waals surface area contributed by atoms with E-state index in [2.05, 4.69) is 75.1 Å². The predicted octanol–water partition coefficient (Wildman–Crippen LogP) is 4.46. The van der Waals surface area contributed by atoms with Crippen molar-refractivity contribution in [2.24, 2.45) is 0 Å². The average molecular weight is 414 g/mol. The molecule has 3 heterocycles. The molecular weight excluding hydrogens is 386 g/mol. The number of fused-ring (bicyclic) bond motifs is 1. The summed E-state index contributed by atoms with van der Waals surface area (Å²) < 4.78 is 7.59. The maximum absolute atomic E-state index is 5.48. The van der Waals surface area contributed by atoms with Crippen LogP contribution < -0.4 is 10.2 Å². The third-order valence-corrected chi connectivity index (χ3v) is 5.81. The number of nitrogens with zero attached hydrogens (tertiary/aromatic N) is 4.